The number of rotatable bonds is 12. The summed E-state index contributed by atoms with van der Waals surface area (Å²) in [6.45, 7) is 0.927. The number of sulfone groups is 1. The molecule has 0 aromatic heterocycles. The van der Waals surface area contributed by atoms with Crippen LogP contribution in [-0.4, -0.2) is 57.1 Å². The number of hydrogen-bond donors (Lipinski definition) is 2. The van der Waals surface area contributed by atoms with Gasteiger partial charge < -0.3 is 20.1 Å². The number of hydrogen-bond acceptors (Lipinski definition) is 7. The lowest BCUT2D eigenvalue weighted by molar-refractivity contribution is -0.236. The standard InChI is InChI=1S/C33H34F5N3O5S/c1-2-47(44,45)29-15-8-23(9-16-29)30(20-42)40-31(43)24-5-12-27(13-6-24)41-19-25(22-3-10-26(11-4-22)33(36,37)38)7-14-28(41)21-46-32(34,35)17-18-39/h3-6,8-13,15-16,25,28,30,42H,2,7,14,17,19-21H2,1H3,(H,40,43)/t25?,28-,30-/m0/s1. The molecule has 1 fully saturated rings. The van der Waals surface area contributed by atoms with Crippen LogP contribution in [0.15, 0.2) is 77.7 Å². The highest BCUT2D eigenvalue weighted by Crippen LogP contribution is 2.36. The Morgan fingerprint density at radius 1 is 1.02 bits per heavy atom. The predicted octanol–water partition coefficient (Wildman–Crippen LogP) is 6.24. The average molecular weight is 680 g/mol. The van der Waals surface area contributed by atoms with Crippen LogP contribution >= 0.6 is 0 Å². The Labute approximate surface area is 269 Å². The first-order chi connectivity index (χ1) is 22.2. The van der Waals surface area contributed by atoms with Crippen molar-refractivity contribution in [3.63, 3.8) is 0 Å². The molecule has 0 aliphatic carbocycles. The van der Waals surface area contributed by atoms with E-state index in [0.29, 0.717) is 29.7 Å². The summed E-state index contributed by atoms with van der Waals surface area (Å²) in [6, 6.07) is 16.9. The Bertz CT molecular complexity index is 1660. The number of aliphatic hydroxyl groups is 1. The molecule has 1 amide bonds. The summed E-state index contributed by atoms with van der Waals surface area (Å²) in [5.41, 5.74) is 1.15. The third kappa shape index (κ3) is 9.06. The fourth-order valence-corrected chi connectivity index (χ4v) is 6.33. The minimum atomic E-state index is -4.48. The maximum atomic E-state index is 14.0. The minimum Gasteiger partial charge on any atom is -0.394 e. The summed E-state index contributed by atoms with van der Waals surface area (Å²) < 4.78 is 96.4. The van der Waals surface area contributed by atoms with Gasteiger partial charge in [0.15, 0.2) is 9.84 Å². The number of carbonyl (C=O) groups is 1. The van der Waals surface area contributed by atoms with Crippen LogP contribution in [0, 0.1) is 11.3 Å². The van der Waals surface area contributed by atoms with Crippen LogP contribution < -0.4 is 10.2 Å². The van der Waals surface area contributed by atoms with E-state index in [2.05, 4.69) is 5.32 Å². The zero-order chi connectivity index (χ0) is 34.4. The second-order valence-corrected chi connectivity index (χ2v) is 13.5. The third-order valence-electron chi connectivity index (χ3n) is 8.16. The number of ether oxygens (including phenoxy) is 1. The molecule has 252 valence electrons. The number of anilines is 1. The molecule has 3 aromatic rings. The van der Waals surface area contributed by atoms with Crippen molar-refractivity contribution in [1.82, 2.24) is 5.32 Å². The van der Waals surface area contributed by atoms with E-state index in [1.807, 2.05) is 0 Å². The van der Waals surface area contributed by atoms with Crippen LogP contribution in [0.2, 0.25) is 0 Å². The number of carbonyl (C=O) groups excluding carboxylic acids is 1. The van der Waals surface area contributed by atoms with Crippen molar-refractivity contribution in [3.05, 3.63) is 95.1 Å². The first-order valence-electron chi connectivity index (χ1n) is 14.8. The van der Waals surface area contributed by atoms with E-state index in [0.717, 1.165) is 12.1 Å². The van der Waals surface area contributed by atoms with E-state index >= 15 is 0 Å². The SMILES string of the molecule is CCS(=O)(=O)c1ccc([C@H](CO)NC(=O)c2ccc(N3CC(c4ccc(C(F)(F)F)cc4)CC[C@H]3COC(F)(F)CC#N)cc2)cc1. The number of nitrogens with zero attached hydrogens (tertiary/aromatic N) is 2. The quantitative estimate of drug-likeness (QED) is 0.218. The summed E-state index contributed by atoms with van der Waals surface area (Å²) >= 11 is 0. The van der Waals surface area contributed by atoms with Crippen molar-refractivity contribution in [2.75, 3.05) is 30.4 Å². The molecule has 1 saturated heterocycles. The molecule has 47 heavy (non-hydrogen) atoms. The lowest BCUT2D eigenvalue weighted by atomic mass is 9.86. The molecule has 8 nitrogen and oxygen atoms in total. The Kier molecular flexibility index (Phi) is 11.3. The molecule has 3 aromatic carbocycles. The summed E-state index contributed by atoms with van der Waals surface area (Å²) in [6.07, 6.45) is -8.39. The second-order valence-electron chi connectivity index (χ2n) is 11.2. The van der Waals surface area contributed by atoms with Gasteiger partial charge in [-0.05, 0) is 72.5 Å². The molecule has 2 N–H and O–H groups in total. The Hall–Kier alpha value is -4.06. The Balaban J connectivity index is 1.52. The van der Waals surface area contributed by atoms with Gasteiger partial charge in [-0.2, -0.15) is 27.2 Å². The summed E-state index contributed by atoms with van der Waals surface area (Å²) in [5.74, 6) is -0.824. The minimum absolute atomic E-state index is 0.0723. The van der Waals surface area contributed by atoms with Gasteiger partial charge in [-0.3, -0.25) is 4.79 Å². The highest BCUT2D eigenvalue weighted by molar-refractivity contribution is 7.91. The second kappa shape index (κ2) is 14.8. The molecule has 1 aliphatic rings. The summed E-state index contributed by atoms with van der Waals surface area (Å²) in [4.78, 5) is 15.0. The molecule has 0 radical (unpaired) electrons. The van der Waals surface area contributed by atoms with Crippen LogP contribution in [0.4, 0.5) is 27.6 Å². The molecule has 3 atom stereocenters. The van der Waals surface area contributed by atoms with Crippen molar-refractivity contribution in [2.24, 2.45) is 0 Å². The maximum Gasteiger partial charge on any atom is 0.416 e. The average Bonchev–Trinajstić information content (AvgIpc) is 3.06. The molecule has 4 rings (SSSR count). The third-order valence-corrected chi connectivity index (χ3v) is 9.91. The fourth-order valence-electron chi connectivity index (χ4n) is 5.45. The molecule has 0 saturated carbocycles. The number of aliphatic hydroxyl groups excluding tert-OH is 1. The van der Waals surface area contributed by atoms with Gasteiger partial charge in [0.05, 0.1) is 47.6 Å². The van der Waals surface area contributed by atoms with Crippen molar-refractivity contribution in [3.8, 4) is 6.07 Å². The zero-order valence-electron chi connectivity index (χ0n) is 25.4. The van der Waals surface area contributed by atoms with Crippen molar-refractivity contribution < 1.29 is 45.0 Å². The van der Waals surface area contributed by atoms with Gasteiger partial charge in [-0.25, -0.2) is 8.42 Å². The number of nitrogens with one attached hydrogen (secondary N) is 1. The van der Waals surface area contributed by atoms with E-state index in [1.165, 1.54) is 61.5 Å². The van der Waals surface area contributed by atoms with E-state index in [1.54, 1.807) is 17.0 Å². The van der Waals surface area contributed by atoms with E-state index < -0.39 is 65.3 Å². The predicted molar refractivity (Wildman–Crippen MR) is 164 cm³/mol. The number of benzene rings is 3. The van der Waals surface area contributed by atoms with E-state index in [4.69, 9.17) is 10.00 Å². The van der Waals surface area contributed by atoms with Gasteiger partial charge in [0, 0.05) is 23.7 Å². The van der Waals surface area contributed by atoms with Gasteiger partial charge in [0.2, 0.25) is 0 Å². The normalized spacial score (nSPS) is 18.0. The lowest BCUT2D eigenvalue weighted by Crippen LogP contribution is -2.46. The summed E-state index contributed by atoms with van der Waals surface area (Å²) in [5, 5.41) is 21.3. The van der Waals surface area contributed by atoms with Gasteiger partial charge in [0.25, 0.3) is 5.91 Å². The molecule has 0 spiro atoms. The maximum absolute atomic E-state index is 14.0. The van der Waals surface area contributed by atoms with Crippen molar-refractivity contribution in [2.45, 2.75) is 61.4 Å². The largest absolute Gasteiger partial charge is 0.416 e. The number of halogens is 5. The van der Waals surface area contributed by atoms with Crippen LogP contribution in [0.3, 0.4) is 0 Å². The van der Waals surface area contributed by atoms with Gasteiger partial charge in [-0.15, -0.1) is 0 Å². The van der Waals surface area contributed by atoms with Crippen LogP contribution in [0.25, 0.3) is 0 Å². The van der Waals surface area contributed by atoms with Crippen molar-refractivity contribution >= 4 is 21.4 Å². The Morgan fingerprint density at radius 3 is 2.21 bits per heavy atom. The number of piperidine rings is 1. The topological polar surface area (TPSA) is 120 Å². The van der Waals surface area contributed by atoms with Crippen LogP contribution in [-0.2, 0) is 20.8 Å². The summed E-state index contributed by atoms with van der Waals surface area (Å²) in [7, 11) is -3.42. The van der Waals surface area contributed by atoms with Crippen LogP contribution in [0.1, 0.15) is 65.2 Å². The fraction of sp³-hybridized carbons (Fsp3) is 0.394. The monoisotopic (exact) mass is 679 g/mol. The Morgan fingerprint density at radius 2 is 1.66 bits per heavy atom. The highest BCUT2D eigenvalue weighted by atomic mass is 32.2. The molecule has 1 heterocycles. The zero-order valence-corrected chi connectivity index (χ0v) is 26.2. The molecular formula is C33H34F5N3O5S. The number of nitriles is 1. The van der Waals surface area contributed by atoms with Gasteiger partial charge in [0.1, 0.15) is 6.42 Å². The first-order valence-corrected chi connectivity index (χ1v) is 16.5. The number of alkyl halides is 5. The lowest BCUT2D eigenvalue weighted by Gasteiger charge is -2.42. The molecule has 0 bridgehead atoms. The van der Waals surface area contributed by atoms with Crippen LogP contribution in [0.5, 0.6) is 0 Å². The molecule has 14 heteroatoms. The molecule has 1 aliphatic heterocycles. The smallest absolute Gasteiger partial charge is 0.394 e. The van der Waals surface area contributed by atoms with Crippen molar-refractivity contribution in [1.29, 1.82) is 5.26 Å². The van der Waals surface area contributed by atoms with Gasteiger partial charge in [-0.1, -0.05) is 31.2 Å². The first kappa shape index (κ1) is 35.8. The van der Waals surface area contributed by atoms with E-state index in [-0.39, 0.29) is 28.7 Å². The molecular weight excluding hydrogens is 645 g/mol. The van der Waals surface area contributed by atoms with E-state index in [9.17, 15) is 40.3 Å². The highest BCUT2D eigenvalue weighted by Gasteiger charge is 2.36. The number of amides is 1. The molecule has 1 unspecified atom stereocenters. The van der Waals surface area contributed by atoms with Gasteiger partial charge >= 0.3 is 12.3 Å².